The van der Waals surface area contributed by atoms with E-state index in [1.165, 1.54) is 11.2 Å². The van der Waals surface area contributed by atoms with E-state index in [1.807, 2.05) is 11.0 Å². The molecule has 0 aliphatic carbocycles. The zero-order valence-electron chi connectivity index (χ0n) is 16.9. The van der Waals surface area contributed by atoms with E-state index >= 15 is 0 Å². The maximum atomic E-state index is 12.7. The normalized spacial score (nSPS) is 17.0. The van der Waals surface area contributed by atoms with Crippen molar-refractivity contribution in [2.45, 2.75) is 25.3 Å². The van der Waals surface area contributed by atoms with Crippen LogP contribution in [0.3, 0.4) is 0 Å². The largest absolute Gasteiger partial charge is 0.403 e. The molecule has 1 aliphatic heterocycles. The number of aromatic nitrogens is 3. The van der Waals surface area contributed by atoms with Crippen LogP contribution in [0.2, 0.25) is 0 Å². The van der Waals surface area contributed by atoms with Gasteiger partial charge >= 0.3 is 0 Å². The number of hydrazine groups is 1. The lowest BCUT2D eigenvalue weighted by atomic mass is 10.0. The van der Waals surface area contributed by atoms with Crippen molar-refractivity contribution >= 4 is 16.8 Å². The van der Waals surface area contributed by atoms with Gasteiger partial charge in [-0.15, -0.1) is 0 Å². The molecule has 2 aromatic heterocycles. The first-order valence-corrected chi connectivity index (χ1v) is 10.2. The molecule has 3 heterocycles. The van der Waals surface area contributed by atoms with E-state index < -0.39 is 0 Å². The third kappa shape index (κ3) is 4.28. The topological polar surface area (TPSA) is 106 Å². The van der Waals surface area contributed by atoms with Gasteiger partial charge in [0.25, 0.3) is 0 Å². The molecule has 1 unspecified atom stereocenters. The fourth-order valence-electron chi connectivity index (χ4n) is 4.05. The summed E-state index contributed by atoms with van der Waals surface area (Å²) in [5, 5.41) is 2.59. The Hall–Kier alpha value is -3.39. The number of hydrogen-bond donors (Lipinski definition) is 2. The Kier molecular flexibility index (Phi) is 5.94. The second-order valence-electron chi connectivity index (χ2n) is 7.53. The zero-order valence-corrected chi connectivity index (χ0v) is 16.9. The molecule has 30 heavy (non-hydrogen) atoms. The van der Waals surface area contributed by atoms with Crippen molar-refractivity contribution in [2.75, 3.05) is 19.6 Å². The fraction of sp³-hybridized carbons (Fsp3) is 0.318. The molecular formula is C22H27N7O. The minimum Gasteiger partial charge on any atom is -0.403 e. The van der Waals surface area contributed by atoms with Gasteiger partial charge in [-0.2, -0.15) is 0 Å². The number of nitrogens with zero attached hydrogens (tertiary/aromatic N) is 5. The maximum Gasteiger partial charge on any atom is 0.224 e. The van der Waals surface area contributed by atoms with Gasteiger partial charge in [0.05, 0.1) is 6.04 Å². The highest BCUT2D eigenvalue weighted by Gasteiger charge is 2.25. The Labute approximate surface area is 175 Å². The zero-order chi connectivity index (χ0) is 20.9. The minimum absolute atomic E-state index is 0.126. The van der Waals surface area contributed by atoms with Gasteiger partial charge in [-0.1, -0.05) is 0 Å². The van der Waals surface area contributed by atoms with Crippen molar-refractivity contribution in [2.24, 2.45) is 11.6 Å². The molecule has 8 nitrogen and oxygen atoms in total. The second-order valence-corrected chi connectivity index (χ2v) is 7.53. The summed E-state index contributed by atoms with van der Waals surface area (Å²) in [6, 6.07) is 10.5. The Morgan fingerprint density at radius 3 is 2.90 bits per heavy atom. The molecule has 4 N–H and O–H groups in total. The van der Waals surface area contributed by atoms with E-state index in [-0.39, 0.29) is 11.9 Å². The average Bonchev–Trinajstić information content (AvgIpc) is 3.21. The molecule has 1 aromatic carbocycles. The molecule has 0 spiro atoms. The van der Waals surface area contributed by atoms with Gasteiger partial charge in [0.15, 0.2) is 5.82 Å². The number of carbonyl (C=O) groups is 1. The molecule has 0 saturated carbocycles. The van der Waals surface area contributed by atoms with Gasteiger partial charge in [0, 0.05) is 73.5 Å². The molecule has 8 heteroatoms. The van der Waals surface area contributed by atoms with E-state index in [1.54, 1.807) is 18.6 Å². The molecule has 1 aliphatic rings. The lowest BCUT2D eigenvalue weighted by molar-refractivity contribution is -0.133. The van der Waals surface area contributed by atoms with Crippen molar-refractivity contribution < 1.29 is 4.79 Å². The predicted octanol–water partition coefficient (Wildman–Crippen LogP) is 2.26. The molecule has 1 atom stereocenters. The van der Waals surface area contributed by atoms with Gasteiger partial charge in [0.1, 0.15) is 0 Å². The number of likely N-dealkylation sites (tertiary alicyclic amines) is 1. The third-order valence-corrected chi connectivity index (χ3v) is 5.55. The lowest BCUT2D eigenvalue weighted by Crippen LogP contribution is -2.42. The highest BCUT2D eigenvalue weighted by atomic mass is 16.2. The molecule has 1 saturated heterocycles. The van der Waals surface area contributed by atoms with Crippen molar-refractivity contribution in [1.82, 2.24) is 24.4 Å². The summed E-state index contributed by atoms with van der Waals surface area (Å²) in [4.78, 5) is 23.3. The van der Waals surface area contributed by atoms with Crippen LogP contribution in [0.5, 0.6) is 0 Å². The van der Waals surface area contributed by atoms with Gasteiger partial charge in [-0.3, -0.25) is 4.79 Å². The van der Waals surface area contributed by atoms with Crippen LogP contribution in [0.1, 0.15) is 25.3 Å². The summed E-state index contributed by atoms with van der Waals surface area (Å²) in [5.41, 5.74) is 7.49. The summed E-state index contributed by atoms with van der Waals surface area (Å²) in [5.74, 6) is 6.61. The highest BCUT2D eigenvalue weighted by molar-refractivity contribution is 5.84. The van der Waals surface area contributed by atoms with Crippen LogP contribution in [0.25, 0.3) is 22.3 Å². The first kappa shape index (κ1) is 19.9. The Bertz CT molecular complexity index is 1030. The number of amides is 1. The molecule has 1 amide bonds. The van der Waals surface area contributed by atoms with Gasteiger partial charge in [-0.05, 0) is 43.2 Å². The van der Waals surface area contributed by atoms with E-state index in [4.69, 9.17) is 11.6 Å². The van der Waals surface area contributed by atoms with Crippen molar-refractivity contribution in [3.8, 4) is 11.4 Å². The van der Waals surface area contributed by atoms with Crippen LogP contribution in [0, 0.1) is 0 Å². The molecule has 0 radical (unpaired) electrons. The number of fused-ring (bicyclic) bond motifs is 1. The molecular weight excluding hydrogens is 378 g/mol. The predicted molar refractivity (Wildman–Crippen MR) is 117 cm³/mol. The van der Waals surface area contributed by atoms with Crippen LogP contribution >= 0.6 is 0 Å². The van der Waals surface area contributed by atoms with E-state index in [9.17, 15) is 4.79 Å². The Balaban J connectivity index is 1.47. The number of benzene rings is 1. The first-order chi connectivity index (χ1) is 14.7. The molecule has 4 rings (SSSR count). The van der Waals surface area contributed by atoms with Gasteiger partial charge in [-0.25, -0.2) is 15.8 Å². The SMILES string of the molecule is N/C=C\N(N)CCC(=O)N1CCCC(n2ccc3cc(-c4ncccn4)ccc32)C1. The van der Waals surface area contributed by atoms with Crippen molar-refractivity contribution in [3.05, 3.63) is 61.3 Å². The second kappa shape index (κ2) is 8.96. The van der Waals surface area contributed by atoms with E-state index in [2.05, 4.69) is 45.0 Å². The van der Waals surface area contributed by atoms with Crippen molar-refractivity contribution in [1.29, 1.82) is 0 Å². The number of nitrogens with two attached hydrogens (primary N) is 2. The summed E-state index contributed by atoms with van der Waals surface area (Å²) in [6.07, 6.45) is 11.0. The third-order valence-electron chi connectivity index (χ3n) is 5.55. The average molecular weight is 406 g/mol. The number of piperidine rings is 1. The Morgan fingerprint density at radius 1 is 1.27 bits per heavy atom. The fourth-order valence-corrected chi connectivity index (χ4v) is 4.05. The maximum absolute atomic E-state index is 12.7. The van der Waals surface area contributed by atoms with E-state index in [0.29, 0.717) is 19.5 Å². The van der Waals surface area contributed by atoms with Crippen molar-refractivity contribution in [3.63, 3.8) is 0 Å². The van der Waals surface area contributed by atoms with Gasteiger partial charge < -0.3 is 20.2 Å². The summed E-state index contributed by atoms with van der Waals surface area (Å²) >= 11 is 0. The monoisotopic (exact) mass is 405 g/mol. The molecule has 156 valence electrons. The summed E-state index contributed by atoms with van der Waals surface area (Å²) in [6.45, 7) is 1.95. The number of carbonyl (C=O) groups excluding carboxylic acids is 1. The van der Waals surface area contributed by atoms with Crippen LogP contribution in [-0.4, -0.2) is 50.0 Å². The Morgan fingerprint density at radius 2 is 2.10 bits per heavy atom. The quantitative estimate of drug-likeness (QED) is 0.481. The smallest absolute Gasteiger partial charge is 0.224 e. The summed E-state index contributed by atoms with van der Waals surface area (Å²) in [7, 11) is 0. The first-order valence-electron chi connectivity index (χ1n) is 10.2. The molecule has 1 fully saturated rings. The van der Waals surface area contributed by atoms with Crippen LogP contribution in [-0.2, 0) is 4.79 Å². The lowest BCUT2D eigenvalue weighted by Gasteiger charge is -2.34. The number of rotatable bonds is 6. The number of hydrogen-bond acceptors (Lipinski definition) is 6. The van der Waals surface area contributed by atoms with Gasteiger partial charge in [0.2, 0.25) is 5.91 Å². The van der Waals surface area contributed by atoms with Crippen LogP contribution < -0.4 is 11.6 Å². The van der Waals surface area contributed by atoms with Crippen LogP contribution in [0.15, 0.2) is 61.3 Å². The highest BCUT2D eigenvalue weighted by Crippen LogP contribution is 2.29. The standard InChI is InChI=1S/C22H27N7O/c23-8-14-28(24)12-7-21(30)27-11-1-3-19(16-27)29-13-6-17-15-18(4-5-20(17)29)22-25-9-2-10-26-22/h2,4-6,8-10,13-15,19H,1,3,7,11-12,16,23-24H2/b14-8-. The minimum atomic E-state index is 0.126. The van der Waals surface area contributed by atoms with E-state index in [0.717, 1.165) is 41.7 Å². The summed E-state index contributed by atoms with van der Waals surface area (Å²) < 4.78 is 2.29. The van der Waals surface area contributed by atoms with Crippen LogP contribution in [0.4, 0.5) is 0 Å². The molecule has 3 aromatic rings. The molecule has 0 bridgehead atoms.